The zero-order valence-electron chi connectivity index (χ0n) is 7.00. The van der Waals surface area contributed by atoms with E-state index in [2.05, 4.69) is 20.7 Å². The maximum Gasteiger partial charge on any atom is 1.00 e. The molecule has 0 amide bonds. The molecule has 2 nitrogen and oxygen atoms in total. The summed E-state index contributed by atoms with van der Waals surface area (Å²) in [5, 5.41) is 0. The highest BCUT2D eigenvalue weighted by atomic mass is 79.9. The highest BCUT2D eigenvalue weighted by molar-refractivity contribution is 9.10. The van der Waals surface area contributed by atoms with E-state index in [0.29, 0.717) is 5.56 Å². The Hall–Kier alpha value is -0.830. The standard InChI is InChI=1S/C8H7BrO2/c1-11-8(10)6-2-4-7(9)5-3-6/h2-5H,1H3/p+1. The number of halogens is 1. The smallest absolute Gasteiger partial charge is 0.465 e. The molecule has 0 heterocycles. The molecule has 0 saturated carbocycles. The Labute approximate surface area is 74.8 Å². The highest BCUT2D eigenvalue weighted by Gasteiger charge is 2.02. The minimum atomic E-state index is -0.308. The van der Waals surface area contributed by atoms with Gasteiger partial charge in [0, 0.05) is 4.47 Å². The largest absolute Gasteiger partial charge is 1.00 e. The second kappa shape index (κ2) is 3.53. The molecule has 11 heavy (non-hydrogen) atoms. The monoisotopic (exact) mass is 215 g/mol. The maximum atomic E-state index is 10.9. The molecule has 1 rings (SSSR count). The van der Waals surface area contributed by atoms with Crippen LogP contribution in [0, 0.1) is 0 Å². The lowest BCUT2D eigenvalue weighted by molar-refractivity contribution is 0.0600. The van der Waals surface area contributed by atoms with Gasteiger partial charge in [0.15, 0.2) is 0 Å². The number of benzene rings is 1. The van der Waals surface area contributed by atoms with Crippen LogP contribution in [0.4, 0.5) is 0 Å². The molecule has 0 N–H and O–H groups in total. The Kier molecular flexibility index (Phi) is 2.65. The highest BCUT2D eigenvalue weighted by Crippen LogP contribution is 2.10. The van der Waals surface area contributed by atoms with Gasteiger partial charge in [0.05, 0.1) is 12.7 Å². The van der Waals surface area contributed by atoms with Crippen LogP contribution in [0.2, 0.25) is 0 Å². The predicted molar refractivity (Wildman–Crippen MR) is 46.6 cm³/mol. The zero-order valence-corrected chi connectivity index (χ0v) is 7.59. The van der Waals surface area contributed by atoms with Crippen molar-refractivity contribution in [1.82, 2.24) is 0 Å². The molecule has 0 aliphatic carbocycles. The normalized spacial score (nSPS) is 9.27. The van der Waals surface area contributed by atoms with Crippen molar-refractivity contribution in [3.8, 4) is 0 Å². The van der Waals surface area contributed by atoms with Crippen molar-refractivity contribution < 1.29 is 11.0 Å². The molecule has 0 saturated heterocycles. The molecule has 0 spiro atoms. The zero-order chi connectivity index (χ0) is 8.27. The van der Waals surface area contributed by atoms with Gasteiger partial charge in [-0.3, -0.25) is 0 Å². The topological polar surface area (TPSA) is 26.3 Å². The molecule has 0 bridgehead atoms. The maximum absolute atomic E-state index is 10.9. The summed E-state index contributed by atoms with van der Waals surface area (Å²) in [6, 6.07) is 7.00. The summed E-state index contributed by atoms with van der Waals surface area (Å²) in [5.74, 6) is -0.308. The van der Waals surface area contributed by atoms with Crippen molar-refractivity contribution in [3.05, 3.63) is 34.3 Å². The SMILES string of the molecule is COC(=O)c1ccc(Br)cc1.[H+]. The molecule has 0 atom stereocenters. The molecule has 0 unspecified atom stereocenters. The van der Waals surface area contributed by atoms with Gasteiger partial charge in [-0.05, 0) is 24.3 Å². The average molecular weight is 216 g/mol. The quantitative estimate of drug-likeness (QED) is 0.673. The second-order valence-electron chi connectivity index (χ2n) is 2.00. The fourth-order valence-corrected chi connectivity index (χ4v) is 0.968. The van der Waals surface area contributed by atoms with E-state index in [0.717, 1.165) is 4.47 Å². The number of methoxy groups -OCH3 is 1. The average Bonchev–Trinajstić information content (AvgIpc) is 2.05. The third kappa shape index (κ3) is 2.05. The van der Waals surface area contributed by atoms with Gasteiger partial charge < -0.3 is 4.74 Å². The number of hydrogen-bond donors (Lipinski definition) is 0. The van der Waals surface area contributed by atoms with E-state index in [9.17, 15) is 4.79 Å². The Morgan fingerprint density at radius 1 is 1.45 bits per heavy atom. The molecule has 0 aliphatic rings. The molecule has 0 radical (unpaired) electrons. The van der Waals surface area contributed by atoms with Crippen molar-refractivity contribution in [1.29, 1.82) is 0 Å². The number of hydrogen-bond acceptors (Lipinski definition) is 2. The van der Waals surface area contributed by atoms with Crippen LogP contribution < -0.4 is 0 Å². The Bertz CT molecular complexity index is 258. The summed E-state index contributed by atoms with van der Waals surface area (Å²) in [7, 11) is 1.37. The van der Waals surface area contributed by atoms with Gasteiger partial charge in [0.2, 0.25) is 0 Å². The lowest BCUT2D eigenvalue weighted by Gasteiger charge is -1.97. The van der Waals surface area contributed by atoms with Crippen molar-refractivity contribution >= 4 is 21.9 Å². The van der Waals surface area contributed by atoms with Crippen molar-refractivity contribution in [3.63, 3.8) is 0 Å². The van der Waals surface area contributed by atoms with Gasteiger partial charge in [0.25, 0.3) is 0 Å². The van der Waals surface area contributed by atoms with E-state index in [1.54, 1.807) is 24.3 Å². The summed E-state index contributed by atoms with van der Waals surface area (Å²) >= 11 is 3.26. The van der Waals surface area contributed by atoms with Gasteiger partial charge in [-0.2, -0.15) is 0 Å². The first-order valence-corrected chi connectivity index (χ1v) is 3.87. The number of carbonyl (C=O) groups excluding carboxylic acids is 1. The fourth-order valence-electron chi connectivity index (χ4n) is 0.704. The Balaban J connectivity index is 0.00000121. The first-order chi connectivity index (χ1) is 5.24. The molecule has 58 valence electrons. The van der Waals surface area contributed by atoms with E-state index in [1.807, 2.05) is 0 Å². The van der Waals surface area contributed by atoms with Crippen LogP contribution in [-0.4, -0.2) is 13.1 Å². The molecule has 1 aromatic rings. The number of carbonyl (C=O) groups is 1. The lowest BCUT2D eigenvalue weighted by Crippen LogP contribution is -1.99. The fraction of sp³-hybridized carbons (Fsp3) is 0.125. The summed E-state index contributed by atoms with van der Waals surface area (Å²) in [6.07, 6.45) is 0. The van der Waals surface area contributed by atoms with Crippen LogP contribution in [0.1, 0.15) is 11.8 Å². The summed E-state index contributed by atoms with van der Waals surface area (Å²) < 4.78 is 5.47. The van der Waals surface area contributed by atoms with E-state index >= 15 is 0 Å². The summed E-state index contributed by atoms with van der Waals surface area (Å²) in [5.41, 5.74) is 0.565. The first kappa shape index (κ1) is 8.27. The van der Waals surface area contributed by atoms with Gasteiger partial charge in [-0.25, -0.2) is 4.79 Å². The van der Waals surface area contributed by atoms with Crippen LogP contribution in [0.5, 0.6) is 0 Å². The van der Waals surface area contributed by atoms with Gasteiger partial charge in [-0.1, -0.05) is 15.9 Å². The molecular formula is C8H8BrO2+. The van der Waals surface area contributed by atoms with Gasteiger partial charge >= 0.3 is 7.40 Å². The molecule has 0 aliphatic heterocycles. The van der Waals surface area contributed by atoms with Crippen LogP contribution in [0.25, 0.3) is 0 Å². The number of rotatable bonds is 1. The third-order valence-electron chi connectivity index (χ3n) is 1.27. The predicted octanol–water partition coefficient (Wildman–Crippen LogP) is 2.35. The molecule has 3 heteroatoms. The van der Waals surface area contributed by atoms with E-state index in [1.165, 1.54) is 7.11 Å². The third-order valence-corrected chi connectivity index (χ3v) is 1.79. The molecule has 1 aromatic carbocycles. The number of ether oxygens (including phenoxy) is 1. The van der Waals surface area contributed by atoms with Gasteiger partial charge in [0.1, 0.15) is 0 Å². The number of esters is 1. The van der Waals surface area contributed by atoms with E-state index < -0.39 is 0 Å². The van der Waals surface area contributed by atoms with Crippen LogP contribution in [0.3, 0.4) is 0 Å². The van der Waals surface area contributed by atoms with Gasteiger partial charge in [-0.15, -0.1) is 0 Å². The molecule has 0 fully saturated rings. The summed E-state index contributed by atoms with van der Waals surface area (Å²) in [6.45, 7) is 0. The lowest BCUT2D eigenvalue weighted by atomic mass is 10.2. The molecular weight excluding hydrogens is 208 g/mol. The minimum Gasteiger partial charge on any atom is -0.465 e. The van der Waals surface area contributed by atoms with Crippen LogP contribution in [0.15, 0.2) is 28.7 Å². The van der Waals surface area contributed by atoms with E-state index in [4.69, 9.17) is 0 Å². The Morgan fingerprint density at radius 2 is 2.00 bits per heavy atom. The van der Waals surface area contributed by atoms with Crippen molar-refractivity contribution in [2.24, 2.45) is 0 Å². The first-order valence-electron chi connectivity index (χ1n) is 3.08. The van der Waals surface area contributed by atoms with Crippen molar-refractivity contribution in [2.45, 2.75) is 0 Å². The minimum absolute atomic E-state index is 0. The second-order valence-corrected chi connectivity index (χ2v) is 2.91. The van der Waals surface area contributed by atoms with Crippen LogP contribution >= 0.6 is 15.9 Å². The molecule has 0 aromatic heterocycles. The van der Waals surface area contributed by atoms with Crippen molar-refractivity contribution in [2.75, 3.05) is 7.11 Å². The van der Waals surface area contributed by atoms with E-state index in [-0.39, 0.29) is 7.40 Å². The Morgan fingerprint density at radius 3 is 2.45 bits per heavy atom. The summed E-state index contributed by atoms with van der Waals surface area (Å²) in [4.78, 5) is 10.9. The van der Waals surface area contributed by atoms with Crippen LogP contribution in [-0.2, 0) is 4.74 Å².